The lowest BCUT2D eigenvalue weighted by Crippen LogP contribution is -2.38. The fourth-order valence-corrected chi connectivity index (χ4v) is 5.69. The smallest absolute Gasteiger partial charge is 0.242 e. The number of halogens is 2. The highest BCUT2D eigenvalue weighted by atomic mass is 35.5. The van der Waals surface area contributed by atoms with Gasteiger partial charge in [-0.1, -0.05) is 29.6 Å². The van der Waals surface area contributed by atoms with E-state index in [4.69, 9.17) is 27.9 Å². The average molecular weight is 350 g/mol. The largest absolute Gasteiger partial charge is 0.495 e. The third-order valence-corrected chi connectivity index (χ3v) is 7.07. The number of hydrogen-bond donors (Lipinski definition) is 1. The first-order valence-electron chi connectivity index (χ1n) is 6.96. The van der Waals surface area contributed by atoms with Crippen molar-refractivity contribution in [2.45, 2.75) is 36.6 Å². The van der Waals surface area contributed by atoms with E-state index in [9.17, 15) is 8.42 Å². The highest BCUT2D eigenvalue weighted by Gasteiger charge is 2.41. The van der Waals surface area contributed by atoms with Gasteiger partial charge in [-0.2, -0.15) is 0 Å². The Balaban J connectivity index is 1.87. The molecule has 0 spiro atoms. The molecule has 1 N–H and O–H groups in total. The van der Waals surface area contributed by atoms with Gasteiger partial charge in [0.15, 0.2) is 0 Å². The number of rotatable bonds is 4. The molecule has 21 heavy (non-hydrogen) atoms. The molecule has 1 aromatic carbocycles. The molecule has 4 nitrogen and oxygen atoms in total. The first-order valence-corrected chi connectivity index (χ1v) is 9.20. The SMILES string of the molecule is COc1ccc(S(=O)(=O)N[C@@H]2C[C@@H]3CC[C@@H]2C3)c(Cl)c1Cl. The second kappa shape index (κ2) is 5.61. The zero-order valence-electron chi connectivity index (χ0n) is 11.6. The molecule has 2 aliphatic rings. The summed E-state index contributed by atoms with van der Waals surface area (Å²) in [6, 6.07) is 2.97. The highest BCUT2D eigenvalue weighted by Crippen LogP contribution is 2.45. The quantitative estimate of drug-likeness (QED) is 0.905. The second-order valence-corrected chi connectivity index (χ2v) is 8.23. The summed E-state index contributed by atoms with van der Waals surface area (Å²) in [4.78, 5) is 0.0118. The molecule has 2 fully saturated rings. The molecule has 1 aromatic rings. The van der Waals surface area contributed by atoms with Gasteiger partial charge in [0, 0.05) is 6.04 Å². The van der Waals surface area contributed by atoms with Crippen LogP contribution in [0.2, 0.25) is 10.0 Å². The van der Waals surface area contributed by atoms with Crippen LogP contribution in [0.1, 0.15) is 25.7 Å². The van der Waals surface area contributed by atoms with Crippen molar-refractivity contribution in [2.75, 3.05) is 7.11 Å². The molecule has 2 saturated carbocycles. The topological polar surface area (TPSA) is 55.4 Å². The Morgan fingerprint density at radius 3 is 2.52 bits per heavy atom. The molecule has 0 unspecified atom stereocenters. The molecule has 7 heteroatoms. The third kappa shape index (κ3) is 2.77. The Hall–Kier alpha value is -0.490. The molecular formula is C14H17Cl2NO3S. The Labute approximate surface area is 134 Å². The van der Waals surface area contributed by atoms with Crippen LogP contribution < -0.4 is 9.46 Å². The lowest BCUT2D eigenvalue weighted by atomic mass is 9.96. The van der Waals surface area contributed by atoms with E-state index < -0.39 is 10.0 Å². The summed E-state index contributed by atoms with van der Waals surface area (Å²) in [7, 11) is -2.21. The van der Waals surface area contributed by atoms with E-state index in [0.29, 0.717) is 17.6 Å². The lowest BCUT2D eigenvalue weighted by molar-refractivity contribution is 0.390. The molecule has 0 amide bonds. The van der Waals surface area contributed by atoms with Crippen LogP contribution in [0.15, 0.2) is 17.0 Å². The molecule has 0 saturated heterocycles. The number of hydrogen-bond acceptors (Lipinski definition) is 3. The van der Waals surface area contributed by atoms with Gasteiger partial charge in [-0.15, -0.1) is 0 Å². The van der Waals surface area contributed by atoms with Crippen LogP contribution in [-0.4, -0.2) is 21.6 Å². The van der Waals surface area contributed by atoms with Gasteiger partial charge in [-0.3, -0.25) is 0 Å². The minimum Gasteiger partial charge on any atom is -0.495 e. The van der Waals surface area contributed by atoms with E-state index in [0.717, 1.165) is 19.3 Å². The van der Waals surface area contributed by atoms with Gasteiger partial charge in [0.05, 0.1) is 12.1 Å². The minimum atomic E-state index is -3.67. The summed E-state index contributed by atoms with van der Waals surface area (Å²) in [6.07, 6.45) is 4.38. The van der Waals surface area contributed by atoms with E-state index in [1.165, 1.54) is 25.7 Å². The summed E-state index contributed by atoms with van der Waals surface area (Å²) in [5, 5.41) is 0.127. The Bertz CT molecular complexity index is 662. The van der Waals surface area contributed by atoms with Crippen LogP contribution in [0.5, 0.6) is 5.75 Å². The van der Waals surface area contributed by atoms with E-state index in [-0.39, 0.29) is 21.0 Å². The van der Waals surface area contributed by atoms with Crippen LogP contribution in [0, 0.1) is 11.8 Å². The Morgan fingerprint density at radius 1 is 1.19 bits per heavy atom. The first-order chi connectivity index (χ1) is 9.92. The van der Waals surface area contributed by atoms with Gasteiger partial charge in [-0.25, -0.2) is 13.1 Å². The molecule has 116 valence electrons. The van der Waals surface area contributed by atoms with Crippen molar-refractivity contribution >= 4 is 33.2 Å². The van der Waals surface area contributed by atoms with Gasteiger partial charge in [0.25, 0.3) is 0 Å². The summed E-state index contributed by atoms with van der Waals surface area (Å²) in [6.45, 7) is 0. The third-order valence-electron chi connectivity index (χ3n) is 4.57. The van der Waals surface area contributed by atoms with Crippen molar-refractivity contribution in [3.05, 3.63) is 22.2 Å². The lowest BCUT2D eigenvalue weighted by Gasteiger charge is -2.23. The zero-order valence-corrected chi connectivity index (χ0v) is 13.9. The molecule has 0 heterocycles. The number of methoxy groups -OCH3 is 1. The fraction of sp³-hybridized carbons (Fsp3) is 0.571. The maximum atomic E-state index is 12.5. The van der Waals surface area contributed by atoms with Gasteiger partial charge < -0.3 is 4.74 Å². The number of sulfonamides is 1. The molecule has 2 bridgehead atoms. The molecule has 0 radical (unpaired) electrons. The predicted octanol–water partition coefficient (Wildman–Crippen LogP) is 3.47. The van der Waals surface area contributed by atoms with Gasteiger partial charge in [-0.05, 0) is 43.2 Å². The first kappa shape index (κ1) is 15.4. The van der Waals surface area contributed by atoms with E-state index in [1.54, 1.807) is 0 Å². The van der Waals surface area contributed by atoms with Gasteiger partial charge >= 0.3 is 0 Å². The van der Waals surface area contributed by atoms with Crippen molar-refractivity contribution in [1.82, 2.24) is 4.72 Å². The maximum absolute atomic E-state index is 12.5. The predicted molar refractivity (Wildman–Crippen MR) is 82.6 cm³/mol. The van der Waals surface area contributed by atoms with Crippen LogP contribution in [-0.2, 0) is 10.0 Å². The summed E-state index contributed by atoms with van der Waals surface area (Å²) in [5.74, 6) is 1.48. The minimum absolute atomic E-state index is 0.00618. The van der Waals surface area contributed by atoms with E-state index in [2.05, 4.69) is 4.72 Å². The Kier molecular flexibility index (Phi) is 4.12. The van der Waals surface area contributed by atoms with Crippen LogP contribution >= 0.6 is 23.2 Å². The Morgan fingerprint density at radius 2 is 1.95 bits per heavy atom. The van der Waals surface area contributed by atoms with Gasteiger partial charge in [0.2, 0.25) is 10.0 Å². The normalized spacial score (nSPS) is 28.0. The maximum Gasteiger partial charge on any atom is 0.242 e. The highest BCUT2D eigenvalue weighted by molar-refractivity contribution is 7.89. The summed E-state index contributed by atoms with van der Waals surface area (Å²) in [5.41, 5.74) is 0. The van der Waals surface area contributed by atoms with Crippen molar-refractivity contribution < 1.29 is 13.2 Å². The van der Waals surface area contributed by atoms with Crippen LogP contribution in [0.3, 0.4) is 0 Å². The van der Waals surface area contributed by atoms with E-state index in [1.807, 2.05) is 0 Å². The fourth-order valence-electron chi connectivity index (χ4n) is 3.53. The van der Waals surface area contributed by atoms with E-state index >= 15 is 0 Å². The van der Waals surface area contributed by atoms with Crippen molar-refractivity contribution in [3.8, 4) is 5.75 Å². The average Bonchev–Trinajstić information content (AvgIpc) is 3.03. The van der Waals surface area contributed by atoms with Crippen molar-refractivity contribution in [3.63, 3.8) is 0 Å². The van der Waals surface area contributed by atoms with Crippen molar-refractivity contribution in [2.24, 2.45) is 11.8 Å². The zero-order chi connectivity index (χ0) is 15.2. The molecule has 0 aromatic heterocycles. The number of nitrogens with one attached hydrogen (secondary N) is 1. The summed E-state index contributed by atoms with van der Waals surface area (Å²) >= 11 is 12.1. The standard InChI is InChI=1S/C14H17Cl2NO3S/c1-20-11-4-5-12(14(16)13(11)15)21(18,19)17-10-7-8-2-3-9(10)6-8/h4-5,8-10,17H,2-3,6-7H2,1H3/t8-,9-,10-/m1/s1. The molecule has 0 aliphatic heterocycles. The molecule has 2 aliphatic carbocycles. The number of benzene rings is 1. The molecule has 3 atom stereocenters. The van der Waals surface area contributed by atoms with Gasteiger partial charge in [0.1, 0.15) is 15.7 Å². The number of fused-ring (bicyclic) bond motifs is 2. The van der Waals surface area contributed by atoms with Crippen LogP contribution in [0.25, 0.3) is 0 Å². The molecule has 3 rings (SSSR count). The monoisotopic (exact) mass is 349 g/mol. The van der Waals surface area contributed by atoms with Crippen molar-refractivity contribution in [1.29, 1.82) is 0 Å². The van der Waals surface area contributed by atoms with Crippen LogP contribution in [0.4, 0.5) is 0 Å². The summed E-state index contributed by atoms with van der Waals surface area (Å²) < 4.78 is 32.9. The molecular weight excluding hydrogens is 333 g/mol. The second-order valence-electron chi connectivity index (χ2n) is 5.80. The number of ether oxygens (including phenoxy) is 1.